The third-order valence-electron chi connectivity index (χ3n) is 3.85. The van der Waals surface area contributed by atoms with Gasteiger partial charge in [-0.25, -0.2) is 9.98 Å². The molecule has 0 aromatic carbocycles. The Morgan fingerprint density at radius 1 is 1.41 bits per heavy atom. The Morgan fingerprint density at radius 3 is 2.63 bits per heavy atom. The van der Waals surface area contributed by atoms with E-state index in [1.807, 2.05) is 13.8 Å². The van der Waals surface area contributed by atoms with E-state index in [0.29, 0.717) is 23.5 Å². The van der Waals surface area contributed by atoms with Gasteiger partial charge in [0.1, 0.15) is 17.1 Å². The smallest absolute Gasteiger partial charge is 0.267 e. The van der Waals surface area contributed by atoms with Crippen molar-refractivity contribution in [3.8, 4) is 0 Å². The quantitative estimate of drug-likeness (QED) is 0.375. The van der Waals surface area contributed by atoms with Crippen LogP contribution in [0.15, 0.2) is 17.1 Å². The van der Waals surface area contributed by atoms with Gasteiger partial charge >= 0.3 is 0 Å². The highest BCUT2D eigenvalue weighted by molar-refractivity contribution is 6.13. The molecule has 2 aromatic heterocycles. The average molecular weight is 369 g/mol. The highest BCUT2D eigenvalue weighted by atomic mass is 16.1. The van der Waals surface area contributed by atoms with E-state index in [0.717, 1.165) is 11.9 Å². The number of aryl methyl sites for hydroxylation is 2. The molecular formula is C17H23N9O. The largest absolute Gasteiger partial charge is 0.387 e. The molecule has 0 atom stereocenters. The van der Waals surface area contributed by atoms with E-state index in [9.17, 15) is 4.79 Å². The zero-order valence-electron chi connectivity index (χ0n) is 15.7. The van der Waals surface area contributed by atoms with Crippen molar-refractivity contribution in [3.05, 3.63) is 40.5 Å². The van der Waals surface area contributed by atoms with Gasteiger partial charge in [0.15, 0.2) is 11.7 Å². The number of aliphatic imine (C=N–C) groups is 1. The molecule has 0 spiro atoms. The number of anilines is 1. The summed E-state index contributed by atoms with van der Waals surface area (Å²) in [4.78, 5) is 20.2. The van der Waals surface area contributed by atoms with Crippen LogP contribution in [-0.4, -0.2) is 52.7 Å². The monoisotopic (exact) mass is 369 g/mol. The minimum atomic E-state index is -0.700. The van der Waals surface area contributed by atoms with Crippen molar-refractivity contribution < 1.29 is 4.79 Å². The number of primary amides is 1. The highest BCUT2D eigenvalue weighted by Gasteiger charge is 2.18. The summed E-state index contributed by atoms with van der Waals surface area (Å²) < 4.78 is 1.68. The lowest BCUT2D eigenvalue weighted by atomic mass is 10.1. The first-order chi connectivity index (χ1) is 12.9. The number of rotatable bonds is 6. The van der Waals surface area contributed by atoms with E-state index in [1.165, 1.54) is 6.07 Å². The molecule has 0 saturated heterocycles. The van der Waals surface area contributed by atoms with Crippen molar-refractivity contribution >= 4 is 29.5 Å². The van der Waals surface area contributed by atoms with Gasteiger partial charge in [0.25, 0.3) is 5.91 Å². The molecular weight excluding hydrogens is 346 g/mol. The standard InChI is InChI=1S/C17H23N9O/c1-5-26-13(6-9(2)25-26)15(19)24-17(22-4)14-10(8-18)11(21-3)7-12(23-14)16(20)27/h6-8,18H,5H2,1-4H3,(H2,20,27)(H,21,23)(H2,19,22,24). The minimum Gasteiger partial charge on any atom is -0.387 e. The van der Waals surface area contributed by atoms with Crippen LogP contribution in [0.4, 0.5) is 5.69 Å². The fraction of sp³-hybridized carbons (Fsp3) is 0.294. The third-order valence-corrected chi connectivity index (χ3v) is 3.85. The number of nitrogens with two attached hydrogens (primary N) is 1. The fourth-order valence-electron chi connectivity index (χ4n) is 2.59. The van der Waals surface area contributed by atoms with Crippen LogP contribution in [-0.2, 0) is 6.54 Å². The maximum atomic E-state index is 11.6. The van der Waals surface area contributed by atoms with Crippen molar-refractivity contribution in [2.24, 2.45) is 10.7 Å². The van der Waals surface area contributed by atoms with Gasteiger partial charge in [0.05, 0.1) is 5.69 Å². The van der Waals surface area contributed by atoms with E-state index in [2.05, 4.69) is 25.7 Å². The second-order valence-electron chi connectivity index (χ2n) is 5.62. The Morgan fingerprint density at radius 2 is 2.11 bits per heavy atom. The lowest BCUT2D eigenvalue weighted by Gasteiger charge is -2.14. The van der Waals surface area contributed by atoms with Crippen LogP contribution in [0.5, 0.6) is 0 Å². The average Bonchev–Trinajstić information content (AvgIpc) is 3.05. The number of pyridine rings is 1. The predicted molar refractivity (Wildman–Crippen MR) is 105 cm³/mol. The van der Waals surface area contributed by atoms with E-state index < -0.39 is 5.91 Å². The van der Waals surface area contributed by atoms with Crippen LogP contribution in [0.3, 0.4) is 0 Å². The molecule has 1 amide bonds. The molecule has 10 heteroatoms. The zero-order valence-corrected chi connectivity index (χ0v) is 15.7. The third kappa shape index (κ3) is 4.00. The van der Waals surface area contributed by atoms with Crippen LogP contribution in [0.2, 0.25) is 0 Å². The minimum absolute atomic E-state index is 0.0185. The normalized spacial score (nSPS) is 11.2. The Bertz CT molecular complexity index is 927. The summed E-state index contributed by atoms with van der Waals surface area (Å²) in [6.45, 7) is 4.37. The predicted octanol–water partition coefficient (Wildman–Crippen LogP) is 0.736. The van der Waals surface area contributed by atoms with E-state index in [-0.39, 0.29) is 23.1 Å². The number of carbonyl (C=O) groups is 1. The maximum Gasteiger partial charge on any atom is 0.267 e. The molecule has 0 unspecified atom stereocenters. The summed E-state index contributed by atoms with van der Waals surface area (Å²) in [6, 6.07) is 3.24. The first-order valence-corrected chi connectivity index (χ1v) is 8.29. The van der Waals surface area contributed by atoms with Crippen molar-refractivity contribution in [3.63, 3.8) is 0 Å². The molecule has 142 valence electrons. The molecule has 0 aliphatic rings. The van der Waals surface area contributed by atoms with Gasteiger partial charge in [-0.15, -0.1) is 0 Å². The van der Waals surface area contributed by atoms with Crippen LogP contribution in [0, 0.1) is 17.7 Å². The van der Waals surface area contributed by atoms with Crippen molar-refractivity contribution in [1.29, 1.82) is 10.8 Å². The molecule has 0 fully saturated rings. The summed E-state index contributed by atoms with van der Waals surface area (Å²) in [5.41, 5.74) is 7.91. The zero-order chi connectivity index (χ0) is 20.1. The summed E-state index contributed by atoms with van der Waals surface area (Å²) in [5, 5.41) is 26.2. The van der Waals surface area contributed by atoms with Gasteiger partial charge in [0.2, 0.25) is 0 Å². The van der Waals surface area contributed by atoms with Gasteiger partial charge in [-0.3, -0.25) is 14.9 Å². The summed E-state index contributed by atoms with van der Waals surface area (Å²) in [5.74, 6) is -0.482. The van der Waals surface area contributed by atoms with Gasteiger partial charge in [0, 0.05) is 38.1 Å². The van der Waals surface area contributed by atoms with Gasteiger partial charge < -0.3 is 21.8 Å². The number of hydrogen-bond donors (Lipinski definition) is 5. The van der Waals surface area contributed by atoms with Crippen LogP contribution in [0.25, 0.3) is 0 Å². The summed E-state index contributed by atoms with van der Waals surface area (Å²) in [6.07, 6.45) is 1.11. The highest BCUT2D eigenvalue weighted by Crippen LogP contribution is 2.19. The van der Waals surface area contributed by atoms with E-state index in [4.69, 9.17) is 16.6 Å². The molecule has 2 heterocycles. The molecule has 2 rings (SSSR count). The van der Waals surface area contributed by atoms with Crippen LogP contribution in [0.1, 0.15) is 40.1 Å². The Balaban J connectivity index is 2.63. The van der Waals surface area contributed by atoms with E-state index >= 15 is 0 Å². The molecule has 27 heavy (non-hydrogen) atoms. The fourth-order valence-corrected chi connectivity index (χ4v) is 2.59. The number of nitrogens with one attached hydrogen (secondary N) is 4. The van der Waals surface area contributed by atoms with Gasteiger partial charge in [-0.05, 0) is 26.0 Å². The van der Waals surface area contributed by atoms with Crippen LogP contribution < -0.4 is 16.4 Å². The van der Waals surface area contributed by atoms with Gasteiger partial charge in [-0.1, -0.05) is 0 Å². The first kappa shape index (κ1) is 19.8. The number of hydrogen-bond acceptors (Lipinski definition) is 6. The van der Waals surface area contributed by atoms with Crippen LogP contribution >= 0.6 is 0 Å². The second kappa shape index (κ2) is 8.21. The first-order valence-electron chi connectivity index (χ1n) is 8.29. The number of carbonyl (C=O) groups excluding carboxylic acids is 1. The molecule has 6 N–H and O–H groups in total. The van der Waals surface area contributed by atoms with Crippen molar-refractivity contribution in [2.45, 2.75) is 20.4 Å². The SMILES string of the molecule is CCn1nc(C)cc1C(=N)/N=C(\NC)c1nc(C(N)=O)cc(NC)c1C=N. The molecule has 0 radical (unpaired) electrons. The molecule has 0 aliphatic heterocycles. The Labute approximate surface area is 156 Å². The molecule has 0 aliphatic carbocycles. The topological polar surface area (TPSA) is 158 Å². The second-order valence-corrected chi connectivity index (χ2v) is 5.62. The van der Waals surface area contributed by atoms with E-state index in [1.54, 1.807) is 24.8 Å². The molecule has 2 aromatic rings. The van der Waals surface area contributed by atoms with Crippen molar-refractivity contribution in [2.75, 3.05) is 19.4 Å². The lowest BCUT2D eigenvalue weighted by Crippen LogP contribution is -2.27. The number of nitrogens with zero attached hydrogens (tertiary/aromatic N) is 4. The molecule has 0 saturated carbocycles. The number of aromatic nitrogens is 3. The molecule has 10 nitrogen and oxygen atoms in total. The lowest BCUT2D eigenvalue weighted by molar-refractivity contribution is 0.0995. The Hall–Kier alpha value is -3.56. The summed E-state index contributed by atoms with van der Waals surface area (Å²) >= 11 is 0. The number of amidine groups is 2. The Kier molecular flexibility index (Phi) is 6.01. The van der Waals surface area contributed by atoms with Crippen molar-refractivity contribution in [1.82, 2.24) is 20.1 Å². The molecule has 0 bridgehead atoms. The number of amides is 1. The summed E-state index contributed by atoms with van der Waals surface area (Å²) in [7, 11) is 3.29. The van der Waals surface area contributed by atoms with Gasteiger partial charge in [-0.2, -0.15) is 5.10 Å². The maximum absolute atomic E-state index is 11.6.